The van der Waals surface area contributed by atoms with Gasteiger partial charge in [-0.25, -0.2) is 4.98 Å². The molecule has 0 spiro atoms. The number of thiazole rings is 1. The highest BCUT2D eigenvalue weighted by molar-refractivity contribution is 7.22. The Balaban J connectivity index is 0.00000240. The molecule has 0 aliphatic rings. The fraction of sp³-hybridized carbons (Fsp3) is 0.182. The van der Waals surface area contributed by atoms with Crippen LogP contribution in [0, 0.1) is 0 Å². The molecule has 0 aliphatic carbocycles. The van der Waals surface area contributed by atoms with Gasteiger partial charge in [0.1, 0.15) is 0 Å². The van der Waals surface area contributed by atoms with E-state index in [9.17, 15) is 4.79 Å². The largest absolute Gasteiger partial charge is 0.308 e. The quantitative estimate of drug-likeness (QED) is 0.393. The minimum Gasteiger partial charge on any atom is -0.308 e. The molecule has 4 nitrogen and oxygen atoms in total. The van der Waals surface area contributed by atoms with E-state index in [1.807, 2.05) is 74.8 Å². The number of carbonyl (C=O) groups excluding carboxylic acids is 1. The number of hydrogen-bond acceptors (Lipinski definition) is 4. The van der Waals surface area contributed by atoms with Crippen LogP contribution in [0.4, 0.5) is 5.13 Å². The molecular formula is C22H21Cl2N3OS. The Morgan fingerprint density at radius 2 is 1.79 bits per heavy atom. The summed E-state index contributed by atoms with van der Waals surface area (Å²) in [5, 5.41) is 3.37. The summed E-state index contributed by atoms with van der Waals surface area (Å²) in [5.41, 5.74) is 1.54. The van der Waals surface area contributed by atoms with Crippen molar-refractivity contribution >= 4 is 67.4 Å². The van der Waals surface area contributed by atoms with Crippen molar-refractivity contribution in [1.29, 1.82) is 0 Å². The lowest BCUT2D eigenvalue weighted by Gasteiger charge is -2.22. The van der Waals surface area contributed by atoms with E-state index < -0.39 is 0 Å². The molecule has 4 aromatic rings. The second kappa shape index (κ2) is 9.09. The Morgan fingerprint density at radius 1 is 1.03 bits per heavy atom. The molecule has 0 saturated carbocycles. The third-order valence-corrected chi connectivity index (χ3v) is 5.88. The molecule has 7 heteroatoms. The zero-order chi connectivity index (χ0) is 19.7. The number of amides is 1. The van der Waals surface area contributed by atoms with Crippen LogP contribution in [0.2, 0.25) is 5.02 Å². The Morgan fingerprint density at radius 3 is 2.59 bits per heavy atom. The highest BCUT2D eigenvalue weighted by Gasteiger charge is 2.23. The first-order valence-electron chi connectivity index (χ1n) is 9.03. The molecule has 0 atom stereocenters. The number of benzene rings is 3. The Hall–Kier alpha value is -2.18. The molecule has 0 saturated heterocycles. The van der Waals surface area contributed by atoms with Gasteiger partial charge >= 0.3 is 0 Å². The summed E-state index contributed by atoms with van der Waals surface area (Å²) >= 11 is 7.62. The lowest BCUT2D eigenvalue weighted by atomic mass is 10.0. The highest BCUT2D eigenvalue weighted by atomic mass is 35.5. The van der Waals surface area contributed by atoms with Crippen LogP contribution in [0.1, 0.15) is 10.4 Å². The molecule has 0 N–H and O–H groups in total. The van der Waals surface area contributed by atoms with Crippen LogP contribution in [0.15, 0.2) is 60.7 Å². The van der Waals surface area contributed by atoms with Gasteiger partial charge in [-0.15, -0.1) is 12.4 Å². The third kappa shape index (κ3) is 4.54. The monoisotopic (exact) mass is 445 g/mol. The van der Waals surface area contributed by atoms with Gasteiger partial charge in [-0.2, -0.15) is 0 Å². The van der Waals surface area contributed by atoms with E-state index in [2.05, 4.69) is 4.90 Å². The van der Waals surface area contributed by atoms with Crippen molar-refractivity contribution in [3.05, 3.63) is 71.2 Å². The zero-order valence-electron chi connectivity index (χ0n) is 16.1. The Kier molecular flexibility index (Phi) is 6.75. The van der Waals surface area contributed by atoms with Gasteiger partial charge in [0.15, 0.2) is 5.13 Å². The molecular weight excluding hydrogens is 425 g/mol. The van der Waals surface area contributed by atoms with Crippen LogP contribution >= 0.6 is 35.3 Å². The molecule has 0 fully saturated rings. The van der Waals surface area contributed by atoms with Gasteiger partial charge in [0.05, 0.1) is 10.2 Å². The lowest BCUT2D eigenvalue weighted by Crippen LogP contribution is -2.36. The fourth-order valence-corrected chi connectivity index (χ4v) is 4.41. The number of aromatic nitrogens is 1. The number of hydrogen-bond donors (Lipinski definition) is 0. The number of rotatable bonds is 5. The van der Waals surface area contributed by atoms with Gasteiger partial charge in [-0.05, 0) is 49.1 Å². The smallest absolute Gasteiger partial charge is 0.260 e. The molecule has 150 valence electrons. The van der Waals surface area contributed by atoms with Gasteiger partial charge in [0, 0.05) is 23.7 Å². The van der Waals surface area contributed by atoms with Crippen molar-refractivity contribution < 1.29 is 4.79 Å². The molecule has 1 heterocycles. The van der Waals surface area contributed by atoms with Gasteiger partial charge in [-0.3, -0.25) is 9.69 Å². The molecule has 1 aromatic heterocycles. The van der Waals surface area contributed by atoms with Crippen LogP contribution in [0.3, 0.4) is 0 Å². The molecule has 0 radical (unpaired) electrons. The molecule has 29 heavy (non-hydrogen) atoms. The van der Waals surface area contributed by atoms with E-state index in [1.165, 1.54) is 11.3 Å². The summed E-state index contributed by atoms with van der Waals surface area (Å²) in [7, 11) is 4.00. The fourth-order valence-electron chi connectivity index (χ4n) is 3.14. The van der Waals surface area contributed by atoms with Gasteiger partial charge in [-0.1, -0.05) is 59.3 Å². The zero-order valence-corrected chi connectivity index (χ0v) is 18.5. The van der Waals surface area contributed by atoms with E-state index in [0.29, 0.717) is 22.3 Å². The normalized spacial score (nSPS) is 11.0. The van der Waals surface area contributed by atoms with E-state index in [4.69, 9.17) is 16.6 Å². The van der Waals surface area contributed by atoms with E-state index >= 15 is 0 Å². The van der Waals surface area contributed by atoms with E-state index in [-0.39, 0.29) is 18.3 Å². The predicted octanol–water partition coefficient (Wildman–Crippen LogP) is 5.73. The van der Waals surface area contributed by atoms with Crippen molar-refractivity contribution in [2.75, 3.05) is 32.1 Å². The van der Waals surface area contributed by atoms with Gasteiger partial charge < -0.3 is 4.90 Å². The third-order valence-electron chi connectivity index (χ3n) is 4.61. The summed E-state index contributed by atoms with van der Waals surface area (Å²) in [4.78, 5) is 22.1. The summed E-state index contributed by atoms with van der Waals surface area (Å²) in [5.74, 6) is -0.0381. The SMILES string of the molecule is CN(C)CCN(C(=O)c1cccc2ccccc12)c1nc2ccc(Cl)cc2s1.Cl. The van der Waals surface area contributed by atoms with Crippen LogP contribution in [0.25, 0.3) is 21.0 Å². The number of halogens is 2. The van der Waals surface area contributed by atoms with Crippen molar-refractivity contribution in [2.24, 2.45) is 0 Å². The molecule has 1 amide bonds. The number of carbonyl (C=O) groups is 1. The molecule has 0 aliphatic heterocycles. The maximum absolute atomic E-state index is 13.6. The summed E-state index contributed by atoms with van der Waals surface area (Å²) in [6.45, 7) is 1.30. The van der Waals surface area contributed by atoms with Crippen molar-refractivity contribution in [3.8, 4) is 0 Å². The standard InChI is InChI=1S/C22H20ClN3OS.ClH/c1-25(2)12-13-26(22-24-19-11-10-16(23)14-20(19)28-22)21(27)18-9-5-7-15-6-3-4-8-17(15)18;/h3-11,14H,12-13H2,1-2H3;1H. The average molecular weight is 446 g/mol. The van der Waals surface area contributed by atoms with Crippen LogP contribution in [-0.2, 0) is 0 Å². The molecule has 0 bridgehead atoms. The highest BCUT2D eigenvalue weighted by Crippen LogP contribution is 2.32. The Labute approximate surface area is 185 Å². The minimum atomic E-state index is -0.0381. The summed E-state index contributed by atoms with van der Waals surface area (Å²) < 4.78 is 0.975. The van der Waals surface area contributed by atoms with Crippen LogP contribution < -0.4 is 4.90 Å². The van der Waals surface area contributed by atoms with E-state index in [1.54, 1.807) is 4.90 Å². The van der Waals surface area contributed by atoms with Crippen molar-refractivity contribution in [1.82, 2.24) is 9.88 Å². The maximum atomic E-state index is 13.6. The average Bonchev–Trinajstić information content (AvgIpc) is 3.10. The molecule has 0 unspecified atom stereocenters. The molecule has 4 rings (SSSR count). The molecule has 3 aromatic carbocycles. The van der Waals surface area contributed by atoms with Crippen molar-refractivity contribution in [2.45, 2.75) is 0 Å². The summed E-state index contributed by atoms with van der Waals surface area (Å²) in [6.07, 6.45) is 0. The lowest BCUT2D eigenvalue weighted by molar-refractivity contribution is 0.0987. The number of likely N-dealkylation sites (N-methyl/N-ethyl adjacent to an activating group) is 1. The first kappa shape index (κ1) is 21.5. The van der Waals surface area contributed by atoms with E-state index in [0.717, 1.165) is 27.5 Å². The van der Waals surface area contributed by atoms with Crippen LogP contribution in [-0.4, -0.2) is 43.0 Å². The van der Waals surface area contributed by atoms with Gasteiger partial charge in [0.25, 0.3) is 5.91 Å². The second-order valence-corrected chi connectivity index (χ2v) is 8.34. The second-order valence-electron chi connectivity index (χ2n) is 6.90. The predicted molar refractivity (Wildman–Crippen MR) is 126 cm³/mol. The first-order chi connectivity index (χ1) is 13.5. The van der Waals surface area contributed by atoms with Gasteiger partial charge in [0.2, 0.25) is 0 Å². The van der Waals surface area contributed by atoms with Crippen molar-refractivity contribution in [3.63, 3.8) is 0 Å². The van der Waals surface area contributed by atoms with Crippen LogP contribution in [0.5, 0.6) is 0 Å². The number of anilines is 1. The topological polar surface area (TPSA) is 36.4 Å². The number of nitrogens with zero attached hydrogens (tertiary/aromatic N) is 3. The maximum Gasteiger partial charge on any atom is 0.260 e. The Bertz CT molecular complexity index is 1150. The summed E-state index contributed by atoms with van der Waals surface area (Å²) in [6, 6.07) is 19.4. The minimum absolute atomic E-state index is 0. The number of fused-ring (bicyclic) bond motifs is 2. The first-order valence-corrected chi connectivity index (χ1v) is 10.2.